The van der Waals surface area contributed by atoms with Crippen LogP contribution in [0.2, 0.25) is 0 Å². The number of carbonyl (C=O) groups excluding carboxylic acids is 2. The third-order valence-electron chi connectivity index (χ3n) is 5.44. The molecule has 4 aromatic rings. The van der Waals surface area contributed by atoms with E-state index in [9.17, 15) is 9.59 Å². The summed E-state index contributed by atoms with van der Waals surface area (Å²) in [6, 6.07) is 7.90. The second-order valence-corrected chi connectivity index (χ2v) is 9.54. The zero-order valence-electron chi connectivity index (χ0n) is 18.8. The van der Waals surface area contributed by atoms with Gasteiger partial charge >= 0.3 is 0 Å². The summed E-state index contributed by atoms with van der Waals surface area (Å²) >= 11 is 2.91. The van der Waals surface area contributed by atoms with Gasteiger partial charge in [0.15, 0.2) is 0 Å². The lowest BCUT2D eigenvalue weighted by molar-refractivity contribution is -0.120. The molecular formula is C24H26N6O2S2. The second-order valence-electron chi connectivity index (χ2n) is 7.76. The van der Waals surface area contributed by atoms with Gasteiger partial charge in [0.25, 0.3) is 5.91 Å². The van der Waals surface area contributed by atoms with Gasteiger partial charge in [-0.1, -0.05) is 37.1 Å². The average molecular weight is 495 g/mol. The van der Waals surface area contributed by atoms with Crippen LogP contribution < -0.4 is 10.6 Å². The van der Waals surface area contributed by atoms with Crippen LogP contribution in [0.1, 0.15) is 53.6 Å². The minimum atomic E-state index is -0.266. The van der Waals surface area contributed by atoms with Crippen LogP contribution in [0.25, 0.3) is 21.8 Å². The Morgan fingerprint density at radius 2 is 1.85 bits per heavy atom. The zero-order valence-corrected chi connectivity index (χ0v) is 20.4. The second kappa shape index (κ2) is 11.7. The third kappa shape index (κ3) is 6.15. The number of H-pyrrole nitrogens is 1. The van der Waals surface area contributed by atoms with Crippen LogP contribution in [0.4, 0.5) is 0 Å². The van der Waals surface area contributed by atoms with Gasteiger partial charge in [0.1, 0.15) is 15.7 Å². The SMILES string of the molecule is CNC(=O)CCCCC[C@H](NC(=O)c1cncs1)c1ncc(-c2ccc(-c3nccs3)cc2)[nH]1. The van der Waals surface area contributed by atoms with Crippen molar-refractivity contribution in [3.8, 4) is 21.8 Å². The molecule has 0 radical (unpaired) electrons. The Bertz CT molecular complexity index is 1190. The number of unbranched alkanes of at least 4 members (excludes halogenated alkanes) is 2. The molecule has 34 heavy (non-hydrogen) atoms. The van der Waals surface area contributed by atoms with E-state index in [1.54, 1.807) is 42.5 Å². The Kier molecular flexibility index (Phi) is 8.16. The zero-order chi connectivity index (χ0) is 23.8. The summed E-state index contributed by atoms with van der Waals surface area (Å²) in [5, 5.41) is 8.68. The molecule has 0 spiro atoms. The Balaban J connectivity index is 1.44. The average Bonchev–Trinajstić information content (AvgIpc) is 3.65. The van der Waals surface area contributed by atoms with Gasteiger partial charge in [-0.05, 0) is 18.4 Å². The molecule has 0 unspecified atom stereocenters. The quantitative estimate of drug-likeness (QED) is 0.259. The van der Waals surface area contributed by atoms with Crippen LogP contribution >= 0.6 is 22.7 Å². The highest BCUT2D eigenvalue weighted by Crippen LogP contribution is 2.27. The number of rotatable bonds is 11. The largest absolute Gasteiger partial charge is 0.359 e. The summed E-state index contributed by atoms with van der Waals surface area (Å²) in [5.74, 6) is 0.596. The first kappa shape index (κ1) is 23.8. The van der Waals surface area contributed by atoms with Crippen molar-refractivity contribution in [2.45, 2.75) is 38.1 Å². The van der Waals surface area contributed by atoms with E-state index in [0.29, 0.717) is 23.5 Å². The van der Waals surface area contributed by atoms with E-state index in [2.05, 4.69) is 30.6 Å². The van der Waals surface area contributed by atoms with Gasteiger partial charge in [-0.25, -0.2) is 9.97 Å². The van der Waals surface area contributed by atoms with Crippen LogP contribution in [0.15, 0.2) is 53.7 Å². The number of amides is 2. The molecular weight excluding hydrogens is 468 g/mol. The Morgan fingerprint density at radius 3 is 2.56 bits per heavy atom. The number of imidazole rings is 1. The van der Waals surface area contributed by atoms with Crippen molar-refractivity contribution in [3.63, 3.8) is 0 Å². The van der Waals surface area contributed by atoms with Gasteiger partial charge in [0, 0.05) is 30.6 Å². The van der Waals surface area contributed by atoms with Gasteiger partial charge in [0.05, 0.1) is 29.6 Å². The van der Waals surface area contributed by atoms with Crippen LogP contribution in [0.5, 0.6) is 0 Å². The minimum absolute atomic E-state index is 0.0478. The predicted octanol–water partition coefficient (Wildman–Crippen LogP) is 4.82. The molecule has 3 N–H and O–H groups in total. The van der Waals surface area contributed by atoms with Gasteiger partial charge < -0.3 is 15.6 Å². The van der Waals surface area contributed by atoms with E-state index >= 15 is 0 Å². The van der Waals surface area contributed by atoms with Crippen LogP contribution in [0, 0.1) is 0 Å². The molecule has 176 valence electrons. The molecule has 2 amide bonds. The molecule has 1 aromatic carbocycles. The minimum Gasteiger partial charge on any atom is -0.359 e. The highest BCUT2D eigenvalue weighted by atomic mass is 32.1. The lowest BCUT2D eigenvalue weighted by atomic mass is 10.1. The molecule has 0 fully saturated rings. The first-order chi connectivity index (χ1) is 16.6. The summed E-state index contributed by atoms with van der Waals surface area (Å²) in [6.07, 6.45) is 8.96. The summed E-state index contributed by atoms with van der Waals surface area (Å²) < 4.78 is 0. The monoisotopic (exact) mass is 494 g/mol. The van der Waals surface area contributed by atoms with Crippen molar-refractivity contribution >= 4 is 34.5 Å². The first-order valence-corrected chi connectivity index (χ1v) is 12.8. The fourth-order valence-electron chi connectivity index (χ4n) is 3.59. The highest BCUT2D eigenvalue weighted by molar-refractivity contribution is 7.13. The summed E-state index contributed by atoms with van der Waals surface area (Å²) in [5.41, 5.74) is 4.61. The van der Waals surface area contributed by atoms with E-state index in [-0.39, 0.29) is 17.9 Å². The number of nitrogens with zero attached hydrogens (tertiary/aromatic N) is 3. The standard InChI is InChI=1S/C24H26N6O2S2/c1-25-21(31)6-4-2-3-5-18(30-23(32)20-14-26-15-34-20)22-28-13-19(29-22)16-7-9-17(10-8-16)24-27-11-12-33-24/h7-15,18H,2-6H2,1H3,(H,25,31)(H,28,29)(H,30,32)/t18-/m0/s1. The maximum absolute atomic E-state index is 12.7. The number of nitrogens with one attached hydrogen (secondary N) is 3. The molecule has 8 nitrogen and oxygen atoms in total. The van der Waals surface area contributed by atoms with Crippen molar-refractivity contribution in [1.82, 2.24) is 30.6 Å². The van der Waals surface area contributed by atoms with Crippen molar-refractivity contribution in [2.24, 2.45) is 0 Å². The van der Waals surface area contributed by atoms with Crippen molar-refractivity contribution in [3.05, 3.63) is 64.4 Å². The Labute approximate surface area is 205 Å². The van der Waals surface area contributed by atoms with Gasteiger partial charge in [-0.15, -0.1) is 22.7 Å². The molecule has 0 aliphatic carbocycles. The van der Waals surface area contributed by atoms with Crippen LogP contribution in [-0.2, 0) is 4.79 Å². The van der Waals surface area contributed by atoms with Gasteiger partial charge in [-0.3, -0.25) is 14.6 Å². The first-order valence-electron chi connectivity index (χ1n) is 11.1. The number of aromatic amines is 1. The summed E-state index contributed by atoms with van der Waals surface area (Å²) in [7, 11) is 1.65. The number of hydrogen-bond donors (Lipinski definition) is 3. The van der Waals surface area contributed by atoms with Crippen molar-refractivity contribution < 1.29 is 9.59 Å². The fraction of sp³-hybridized carbons (Fsp3) is 0.292. The number of aromatic nitrogens is 4. The molecule has 0 saturated heterocycles. The molecule has 4 rings (SSSR count). The predicted molar refractivity (Wildman–Crippen MR) is 135 cm³/mol. The van der Waals surface area contributed by atoms with E-state index < -0.39 is 0 Å². The molecule has 0 aliphatic rings. The summed E-state index contributed by atoms with van der Waals surface area (Å²) in [4.78, 5) is 41.0. The number of hydrogen-bond acceptors (Lipinski definition) is 7. The smallest absolute Gasteiger partial charge is 0.263 e. The van der Waals surface area contributed by atoms with Crippen LogP contribution in [0.3, 0.4) is 0 Å². The van der Waals surface area contributed by atoms with E-state index in [0.717, 1.165) is 41.1 Å². The summed E-state index contributed by atoms with van der Waals surface area (Å²) in [6.45, 7) is 0. The molecule has 3 heterocycles. The molecule has 10 heteroatoms. The molecule has 3 aromatic heterocycles. The van der Waals surface area contributed by atoms with Crippen molar-refractivity contribution in [1.29, 1.82) is 0 Å². The third-order valence-corrected chi connectivity index (χ3v) is 7.03. The van der Waals surface area contributed by atoms with Crippen LogP contribution in [-0.4, -0.2) is 38.8 Å². The van der Waals surface area contributed by atoms with E-state index in [1.165, 1.54) is 11.3 Å². The topological polar surface area (TPSA) is 113 Å². The van der Waals surface area contributed by atoms with E-state index in [4.69, 9.17) is 0 Å². The Morgan fingerprint density at radius 1 is 1.03 bits per heavy atom. The van der Waals surface area contributed by atoms with Crippen molar-refractivity contribution in [2.75, 3.05) is 7.05 Å². The lowest BCUT2D eigenvalue weighted by Crippen LogP contribution is -2.28. The Hall–Kier alpha value is -3.37. The molecule has 1 atom stereocenters. The van der Waals surface area contributed by atoms with Gasteiger partial charge in [-0.2, -0.15) is 0 Å². The fourth-order valence-corrected chi connectivity index (χ4v) is 4.76. The maximum atomic E-state index is 12.7. The molecule has 0 bridgehead atoms. The molecule has 0 aliphatic heterocycles. The van der Waals surface area contributed by atoms with E-state index in [1.807, 2.05) is 29.6 Å². The normalized spacial score (nSPS) is 11.8. The number of benzene rings is 1. The molecule has 0 saturated carbocycles. The lowest BCUT2D eigenvalue weighted by Gasteiger charge is -2.16. The maximum Gasteiger partial charge on any atom is 0.263 e. The van der Waals surface area contributed by atoms with Gasteiger partial charge in [0.2, 0.25) is 5.91 Å². The number of thiazole rings is 2. The number of carbonyl (C=O) groups is 2. The highest BCUT2D eigenvalue weighted by Gasteiger charge is 2.20.